The number of hydrogen-bond donors (Lipinski definition) is 2. The molecule has 2 unspecified atom stereocenters. The zero-order valence-corrected chi connectivity index (χ0v) is 10.2. The number of nitrogens with one attached hydrogen (secondary N) is 1. The molecule has 16 heavy (non-hydrogen) atoms. The number of likely N-dealkylation sites (N-methyl/N-ethyl adjacent to an activating group) is 1. The lowest BCUT2D eigenvalue weighted by atomic mass is 9.96. The summed E-state index contributed by atoms with van der Waals surface area (Å²) in [6.07, 6.45) is -1.45. The second-order valence-electron chi connectivity index (χ2n) is 3.68. The van der Waals surface area contributed by atoms with Crippen molar-refractivity contribution in [1.29, 1.82) is 0 Å². The molecule has 0 saturated carbocycles. The molecule has 0 bridgehead atoms. The van der Waals surface area contributed by atoms with Gasteiger partial charge in [0.15, 0.2) is 6.29 Å². The molecule has 1 rings (SSSR count). The summed E-state index contributed by atoms with van der Waals surface area (Å²) >= 11 is 0. The zero-order chi connectivity index (χ0) is 12.1. The van der Waals surface area contributed by atoms with Gasteiger partial charge in [-0.05, 0) is 7.05 Å². The van der Waals surface area contributed by atoms with E-state index in [1.165, 1.54) is 0 Å². The molecular formula is C10H21NO5. The molecule has 2 N–H and O–H groups in total. The van der Waals surface area contributed by atoms with Crippen molar-refractivity contribution in [3.63, 3.8) is 0 Å². The summed E-state index contributed by atoms with van der Waals surface area (Å²) in [6.45, 7) is -0.130. The summed E-state index contributed by atoms with van der Waals surface area (Å²) in [6, 6.07) is -0.136. The molecule has 0 spiro atoms. The summed E-state index contributed by atoms with van der Waals surface area (Å²) in [5, 5.41) is 12.3. The van der Waals surface area contributed by atoms with Gasteiger partial charge in [-0.1, -0.05) is 0 Å². The number of aliphatic hydroxyl groups is 1. The van der Waals surface area contributed by atoms with Crippen molar-refractivity contribution >= 4 is 0 Å². The summed E-state index contributed by atoms with van der Waals surface area (Å²) in [4.78, 5) is 0. The fourth-order valence-electron chi connectivity index (χ4n) is 2.12. The highest BCUT2D eigenvalue weighted by atomic mass is 16.7. The summed E-state index contributed by atoms with van der Waals surface area (Å²) in [5.74, 6) is 0. The fraction of sp³-hybridized carbons (Fsp3) is 1.00. The van der Waals surface area contributed by atoms with E-state index in [2.05, 4.69) is 5.32 Å². The molecule has 1 aliphatic heterocycles. The van der Waals surface area contributed by atoms with Crippen LogP contribution < -0.4 is 5.32 Å². The molecule has 0 radical (unpaired) electrons. The van der Waals surface area contributed by atoms with Crippen LogP contribution in [-0.2, 0) is 18.9 Å². The molecule has 0 aliphatic carbocycles. The second-order valence-corrected chi connectivity index (χ2v) is 3.68. The Morgan fingerprint density at radius 2 is 1.75 bits per heavy atom. The summed E-state index contributed by atoms with van der Waals surface area (Å²) in [7, 11) is 6.54. The number of hydrogen-bond acceptors (Lipinski definition) is 6. The maximum absolute atomic E-state index is 9.24. The van der Waals surface area contributed by atoms with Gasteiger partial charge in [0, 0.05) is 21.3 Å². The largest absolute Gasteiger partial charge is 0.394 e. The minimum atomic E-state index is -0.460. The summed E-state index contributed by atoms with van der Waals surface area (Å²) in [5.41, 5.74) is 0. The SMILES string of the molecule is CN[C@H]1C(OC)[C@H](OC)C(CO)O[C@H]1OC. The minimum Gasteiger partial charge on any atom is -0.394 e. The van der Waals surface area contributed by atoms with Crippen LogP contribution in [0.15, 0.2) is 0 Å². The Balaban J connectivity index is 2.85. The van der Waals surface area contributed by atoms with Crippen molar-refractivity contribution in [2.75, 3.05) is 35.0 Å². The van der Waals surface area contributed by atoms with Gasteiger partial charge in [0.2, 0.25) is 0 Å². The topological polar surface area (TPSA) is 69.2 Å². The Labute approximate surface area is 95.8 Å². The maximum Gasteiger partial charge on any atom is 0.175 e. The van der Waals surface area contributed by atoms with Crippen molar-refractivity contribution in [3.05, 3.63) is 0 Å². The van der Waals surface area contributed by atoms with Crippen LogP contribution >= 0.6 is 0 Å². The van der Waals surface area contributed by atoms with Crippen LogP contribution in [0.1, 0.15) is 0 Å². The van der Waals surface area contributed by atoms with Gasteiger partial charge in [-0.3, -0.25) is 0 Å². The highest BCUT2D eigenvalue weighted by Gasteiger charge is 2.45. The van der Waals surface area contributed by atoms with E-state index >= 15 is 0 Å². The molecule has 0 amide bonds. The Bertz CT molecular complexity index is 186. The van der Waals surface area contributed by atoms with E-state index < -0.39 is 12.4 Å². The molecule has 6 heteroatoms. The van der Waals surface area contributed by atoms with Crippen LogP contribution in [0.4, 0.5) is 0 Å². The van der Waals surface area contributed by atoms with Crippen molar-refractivity contribution in [1.82, 2.24) is 5.32 Å². The molecule has 0 aromatic carbocycles. The van der Waals surface area contributed by atoms with Crippen LogP contribution in [0.3, 0.4) is 0 Å². The molecule has 1 aliphatic rings. The lowest BCUT2D eigenvalue weighted by molar-refractivity contribution is -0.271. The molecular weight excluding hydrogens is 214 g/mol. The third-order valence-electron chi connectivity index (χ3n) is 2.94. The van der Waals surface area contributed by atoms with Gasteiger partial charge in [0.05, 0.1) is 12.6 Å². The number of ether oxygens (including phenoxy) is 4. The number of rotatable bonds is 5. The van der Waals surface area contributed by atoms with Gasteiger partial charge in [0.25, 0.3) is 0 Å². The number of aliphatic hydroxyl groups excluding tert-OH is 1. The average Bonchev–Trinajstić information content (AvgIpc) is 2.35. The Morgan fingerprint density at radius 3 is 2.12 bits per heavy atom. The van der Waals surface area contributed by atoms with Gasteiger partial charge in [0.1, 0.15) is 18.3 Å². The quantitative estimate of drug-likeness (QED) is 0.635. The van der Waals surface area contributed by atoms with Crippen molar-refractivity contribution < 1.29 is 24.1 Å². The normalized spacial score (nSPS) is 39.9. The first-order valence-electron chi connectivity index (χ1n) is 5.25. The number of methoxy groups -OCH3 is 3. The predicted octanol–water partition coefficient (Wildman–Crippen LogP) is -1.03. The second kappa shape index (κ2) is 6.48. The standard InChI is InChI=1S/C10H21NO5/c1-11-7-9(14-3)8(13-2)6(5-12)16-10(7)15-4/h6-12H,5H2,1-4H3/t6?,7-,8+,9?,10+/m0/s1. The van der Waals surface area contributed by atoms with E-state index in [0.717, 1.165) is 0 Å². The minimum absolute atomic E-state index is 0.130. The van der Waals surface area contributed by atoms with Gasteiger partial charge >= 0.3 is 0 Å². The lowest BCUT2D eigenvalue weighted by Gasteiger charge is -2.44. The molecule has 1 fully saturated rings. The third kappa shape index (κ3) is 2.53. The maximum atomic E-state index is 9.24. The van der Waals surface area contributed by atoms with Crippen molar-refractivity contribution in [3.8, 4) is 0 Å². The summed E-state index contributed by atoms with van der Waals surface area (Å²) < 4.78 is 21.5. The van der Waals surface area contributed by atoms with E-state index in [9.17, 15) is 5.11 Å². The van der Waals surface area contributed by atoms with Gasteiger partial charge in [-0.15, -0.1) is 0 Å². The monoisotopic (exact) mass is 235 g/mol. The molecule has 5 atom stereocenters. The van der Waals surface area contributed by atoms with Crippen molar-refractivity contribution in [2.24, 2.45) is 0 Å². The van der Waals surface area contributed by atoms with E-state index in [1.807, 2.05) is 0 Å². The van der Waals surface area contributed by atoms with E-state index in [-0.39, 0.29) is 24.9 Å². The molecule has 96 valence electrons. The molecule has 0 aromatic rings. The third-order valence-corrected chi connectivity index (χ3v) is 2.94. The van der Waals surface area contributed by atoms with Crippen molar-refractivity contribution in [2.45, 2.75) is 30.6 Å². The van der Waals surface area contributed by atoms with E-state index in [0.29, 0.717) is 0 Å². The zero-order valence-electron chi connectivity index (χ0n) is 10.2. The lowest BCUT2D eigenvalue weighted by Crippen LogP contribution is -2.64. The predicted molar refractivity (Wildman–Crippen MR) is 57.2 cm³/mol. The van der Waals surface area contributed by atoms with Crippen LogP contribution in [0, 0.1) is 0 Å². The Kier molecular flexibility index (Phi) is 5.60. The van der Waals surface area contributed by atoms with Gasteiger partial charge in [-0.2, -0.15) is 0 Å². The van der Waals surface area contributed by atoms with Crippen LogP contribution in [0.5, 0.6) is 0 Å². The highest BCUT2D eigenvalue weighted by Crippen LogP contribution is 2.25. The van der Waals surface area contributed by atoms with E-state index in [1.54, 1.807) is 28.4 Å². The van der Waals surface area contributed by atoms with Crippen LogP contribution in [0.25, 0.3) is 0 Å². The first-order valence-corrected chi connectivity index (χ1v) is 5.25. The van der Waals surface area contributed by atoms with Gasteiger partial charge < -0.3 is 29.4 Å². The van der Waals surface area contributed by atoms with Crippen LogP contribution in [-0.4, -0.2) is 70.7 Å². The van der Waals surface area contributed by atoms with E-state index in [4.69, 9.17) is 18.9 Å². The smallest absolute Gasteiger partial charge is 0.175 e. The molecule has 0 aromatic heterocycles. The highest BCUT2D eigenvalue weighted by molar-refractivity contribution is 4.94. The Morgan fingerprint density at radius 1 is 1.12 bits per heavy atom. The molecule has 1 heterocycles. The molecule has 1 saturated heterocycles. The van der Waals surface area contributed by atoms with Gasteiger partial charge in [-0.25, -0.2) is 0 Å². The molecule has 6 nitrogen and oxygen atoms in total. The van der Waals surface area contributed by atoms with Crippen LogP contribution in [0.2, 0.25) is 0 Å². The Hall–Kier alpha value is -0.240. The first kappa shape index (κ1) is 13.8. The fourth-order valence-corrected chi connectivity index (χ4v) is 2.12. The first-order chi connectivity index (χ1) is 7.73. The average molecular weight is 235 g/mol.